The first-order valence-corrected chi connectivity index (χ1v) is 6.87. The standard InChI is InChI=1S/C16H13N3O3/c20-8-11-3-1-2-4-12(11)16-17-15(18-19-16)10-5-6-13-14(7-10)22-9-21-13/h1-7,20H,8-9H2,(H,17,18,19). The third-order valence-electron chi connectivity index (χ3n) is 3.56. The van der Waals surface area contributed by atoms with Crippen molar-refractivity contribution in [3.05, 3.63) is 48.0 Å². The van der Waals surface area contributed by atoms with Crippen LogP contribution in [-0.4, -0.2) is 27.1 Å². The monoisotopic (exact) mass is 295 g/mol. The molecule has 2 N–H and O–H groups in total. The van der Waals surface area contributed by atoms with Crippen LogP contribution in [0.15, 0.2) is 42.5 Å². The van der Waals surface area contributed by atoms with Gasteiger partial charge in [-0.05, 0) is 23.8 Å². The van der Waals surface area contributed by atoms with Gasteiger partial charge in [-0.25, -0.2) is 4.98 Å². The molecule has 3 aromatic rings. The molecule has 2 aromatic carbocycles. The Morgan fingerprint density at radius 3 is 2.86 bits per heavy atom. The molecule has 0 fully saturated rings. The van der Waals surface area contributed by atoms with E-state index in [0.29, 0.717) is 17.4 Å². The summed E-state index contributed by atoms with van der Waals surface area (Å²) in [5.41, 5.74) is 2.48. The molecule has 0 amide bonds. The number of hydrogen-bond donors (Lipinski definition) is 2. The first-order chi connectivity index (χ1) is 10.8. The number of rotatable bonds is 3. The zero-order valence-electron chi connectivity index (χ0n) is 11.6. The predicted molar refractivity (Wildman–Crippen MR) is 79.3 cm³/mol. The molecule has 0 radical (unpaired) electrons. The van der Waals surface area contributed by atoms with Crippen LogP contribution in [0.3, 0.4) is 0 Å². The van der Waals surface area contributed by atoms with Gasteiger partial charge in [-0.2, -0.15) is 5.10 Å². The predicted octanol–water partition coefficient (Wildman–Crippen LogP) is 2.36. The van der Waals surface area contributed by atoms with Gasteiger partial charge in [0.2, 0.25) is 6.79 Å². The van der Waals surface area contributed by atoms with Crippen LogP contribution < -0.4 is 9.47 Å². The Bertz CT molecular complexity index is 829. The minimum atomic E-state index is -0.0454. The fourth-order valence-electron chi connectivity index (χ4n) is 2.44. The molecule has 6 nitrogen and oxygen atoms in total. The Hall–Kier alpha value is -2.86. The SMILES string of the molecule is OCc1ccccc1-c1nc(-c2ccc3c(c2)OCO3)n[nH]1. The van der Waals surface area contributed by atoms with Crippen molar-refractivity contribution in [3.8, 4) is 34.3 Å². The first-order valence-electron chi connectivity index (χ1n) is 6.87. The second-order valence-electron chi connectivity index (χ2n) is 4.89. The summed E-state index contributed by atoms with van der Waals surface area (Å²) in [5, 5.41) is 16.6. The number of aliphatic hydroxyl groups excluding tert-OH is 1. The van der Waals surface area contributed by atoms with Crippen LogP contribution in [0, 0.1) is 0 Å². The molecule has 110 valence electrons. The zero-order valence-corrected chi connectivity index (χ0v) is 11.6. The van der Waals surface area contributed by atoms with Gasteiger partial charge in [-0.15, -0.1) is 0 Å². The molecule has 0 atom stereocenters. The van der Waals surface area contributed by atoms with Crippen molar-refractivity contribution < 1.29 is 14.6 Å². The quantitative estimate of drug-likeness (QED) is 0.775. The lowest BCUT2D eigenvalue weighted by Crippen LogP contribution is -1.92. The summed E-state index contributed by atoms with van der Waals surface area (Å²) in [6.07, 6.45) is 0. The number of nitrogens with zero attached hydrogens (tertiary/aromatic N) is 2. The van der Waals surface area contributed by atoms with E-state index in [2.05, 4.69) is 15.2 Å². The summed E-state index contributed by atoms with van der Waals surface area (Å²) in [6.45, 7) is 0.193. The van der Waals surface area contributed by atoms with Gasteiger partial charge in [-0.3, -0.25) is 5.10 Å². The molecule has 1 aliphatic heterocycles. The Labute approximate surface area is 126 Å². The molecule has 0 unspecified atom stereocenters. The Morgan fingerprint density at radius 1 is 1.09 bits per heavy atom. The lowest BCUT2D eigenvalue weighted by atomic mass is 10.1. The zero-order chi connectivity index (χ0) is 14.9. The molecule has 0 aliphatic carbocycles. The Kier molecular flexibility index (Phi) is 3.01. The van der Waals surface area contributed by atoms with Crippen LogP contribution in [0.25, 0.3) is 22.8 Å². The van der Waals surface area contributed by atoms with Crippen molar-refractivity contribution in [2.24, 2.45) is 0 Å². The number of H-pyrrole nitrogens is 1. The van der Waals surface area contributed by atoms with Gasteiger partial charge in [0.05, 0.1) is 6.61 Å². The summed E-state index contributed by atoms with van der Waals surface area (Å²) in [6, 6.07) is 13.1. The number of aromatic nitrogens is 3. The number of hydrogen-bond acceptors (Lipinski definition) is 5. The fraction of sp³-hybridized carbons (Fsp3) is 0.125. The number of fused-ring (bicyclic) bond motifs is 1. The van der Waals surface area contributed by atoms with Gasteiger partial charge >= 0.3 is 0 Å². The van der Waals surface area contributed by atoms with Crippen LogP contribution in [0.4, 0.5) is 0 Å². The Balaban J connectivity index is 1.72. The molecule has 1 aromatic heterocycles. The van der Waals surface area contributed by atoms with Crippen LogP contribution in [0.5, 0.6) is 11.5 Å². The summed E-state index contributed by atoms with van der Waals surface area (Å²) >= 11 is 0. The summed E-state index contributed by atoms with van der Waals surface area (Å²) in [5.74, 6) is 2.61. The molecule has 4 rings (SSSR count). The summed E-state index contributed by atoms with van der Waals surface area (Å²) in [4.78, 5) is 4.51. The topological polar surface area (TPSA) is 80.3 Å². The second kappa shape index (κ2) is 5.16. The molecule has 0 spiro atoms. The van der Waals surface area contributed by atoms with Crippen LogP contribution in [-0.2, 0) is 6.61 Å². The van der Waals surface area contributed by atoms with E-state index in [-0.39, 0.29) is 13.4 Å². The maximum atomic E-state index is 9.42. The van der Waals surface area contributed by atoms with E-state index in [0.717, 1.165) is 22.4 Å². The van der Waals surface area contributed by atoms with Crippen molar-refractivity contribution >= 4 is 0 Å². The molecule has 1 aliphatic rings. The van der Waals surface area contributed by atoms with Gasteiger partial charge in [0.25, 0.3) is 0 Å². The molecule has 0 saturated carbocycles. The molecular weight excluding hydrogens is 282 g/mol. The summed E-state index contributed by atoms with van der Waals surface area (Å²) in [7, 11) is 0. The smallest absolute Gasteiger partial charge is 0.231 e. The first kappa shape index (κ1) is 12.8. The average Bonchev–Trinajstić information content (AvgIpc) is 3.23. The highest BCUT2D eigenvalue weighted by Gasteiger charge is 2.16. The van der Waals surface area contributed by atoms with Gasteiger partial charge in [0.1, 0.15) is 0 Å². The third kappa shape index (κ3) is 2.10. The largest absolute Gasteiger partial charge is 0.454 e. The molecule has 2 heterocycles. The van der Waals surface area contributed by atoms with E-state index in [4.69, 9.17) is 9.47 Å². The number of benzene rings is 2. The highest BCUT2D eigenvalue weighted by atomic mass is 16.7. The van der Waals surface area contributed by atoms with E-state index in [1.807, 2.05) is 42.5 Å². The van der Waals surface area contributed by atoms with Gasteiger partial charge < -0.3 is 14.6 Å². The molecule has 22 heavy (non-hydrogen) atoms. The van der Waals surface area contributed by atoms with Crippen molar-refractivity contribution in [2.45, 2.75) is 6.61 Å². The van der Waals surface area contributed by atoms with Crippen molar-refractivity contribution in [3.63, 3.8) is 0 Å². The number of nitrogens with one attached hydrogen (secondary N) is 1. The van der Waals surface area contributed by atoms with E-state index in [1.165, 1.54) is 0 Å². The number of aromatic amines is 1. The molecule has 0 saturated heterocycles. The molecule has 0 bridgehead atoms. The second-order valence-corrected chi connectivity index (χ2v) is 4.89. The van der Waals surface area contributed by atoms with E-state index < -0.39 is 0 Å². The average molecular weight is 295 g/mol. The number of ether oxygens (including phenoxy) is 2. The van der Waals surface area contributed by atoms with E-state index in [1.54, 1.807) is 0 Å². The van der Waals surface area contributed by atoms with Crippen molar-refractivity contribution in [1.82, 2.24) is 15.2 Å². The van der Waals surface area contributed by atoms with E-state index >= 15 is 0 Å². The van der Waals surface area contributed by atoms with Crippen LogP contribution in [0.2, 0.25) is 0 Å². The maximum absolute atomic E-state index is 9.42. The molecular formula is C16H13N3O3. The summed E-state index contributed by atoms with van der Waals surface area (Å²) < 4.78 is 10.7. The van der Waals surface area contributed by atoms with Gasteiger partial charge in [0, 0.05) is 11.1 Å². The third-order valence-corrected chi connectivity index (χ3v) is 3.56. The highest BCUT2D eigenvalue weighted by Crippen LogP contribution is 2.35. The van der Waals surface area contributed by atoms with Crippen LogP contribution >= 0.6 is 0 Å². The number of aliphatic hydroxyl groups is 1. The lowest BCUT2D eigenvalue weighted by molar-refractivity contribution is 0.174. The van der Waals surface area contributed by atoms with Crippen molar-refractivity contribution in [2.75, 3.05) is 6.79 Å². The minimum Gasteiger partial charge on any atom is -0.454 e. The normalized spacial score (nSPS) is 12.6. The van der Waals surface area contributed by atoms with E-state index in [9.17, 15) is 5.11 Å². The van der Waals surface area contributed by atoms with Crippen molar-refractivity contribution in [1.29, 1.82) is 0 Å². The lowest BCUT2D eigenvalue weighted by Gasteiger charge is -2.02. The van der Waals surface area contributed by atoms with Crippen LogP contribution in [0.1, 0.15) is 5.56 Å². The highest BCUT2D eigenvalue weighted by molar-refractivity contribution is 5.66. The minimum absolute atomic E-state index is 0.0454. The van der Waals surface area contributed by atoms with Gasteiger partial charge in [-0.1, -0.05) is 24.3 Å². The fourth-order valence-corrected chi connectivity index (χ4v) is 2.44. The van der Waals surface area contributed by atoms with Gasteiger partial charge in [0.15, 0.2) is 23.1 Å². The molecule has 6 heteroatoms. The Morgan fingerprint density at radius 2 is 1.95 bits per heavy atom. The maximum Gasteiger partial charge on any atom is 0.231 e.